The summed E-state index contributed by atoms with van der Waals surface area (Å²) >= 11 is 7.62. The molecule has 0 saturated carbocycles. The standard InChI is InChI=1S/C13H11ClN2O2S/c1-17-11-6-8(5-10(14)12(11)18-2)13-16-9(3-4-15)7-19-13/h5-7H,3H2,1-2H3. The van der Waals surface area contributed by atoms with Gasteiger partial charge >= 0.3 is 0 Å². The molecule has 0 spiro atoms. The molecule has 0 amide bonds. The molecule has 1 aromatic carbocycles. The molecule has 0 saturated heterocycles. The summed E-state index contributed by atoms with van der Waals surface area (Å²) in [6, 6.07) is 5.67. The van der Waals surface area contributed by atoms with Crippen LogP contribution in [0.15, 0.2) is 17.5 Å². The molecule has 0 aliphatic heterocycles. The number of nitrogens with zero attached hydrogens (tertiary/aromatic N) is 2. The van der Waals surface area contributed by atoms with E-state index in [0.717, 1.165) is 16.3 Å². The monoisotopic (exact) mass is 294 g/mol. The number of nitriles is 1. The second-order valence-corrected chi connectivity index (χ2v) is 4.94. The van der Waals surface area contributed by atoms with Crippen molar-refractivity contribution >= 4 is 22.9 Å². The molecular formula is C13H11ClN2O2S. The second-order valence-electron chi connectivity index (χ2n) is 3.67. The molecular weight excluding hydrogens is 284 g/mol. The van der Waals surface area contributed by atoms with Crippen LogP contribution in [-0.2, 0) is 6.42 Å². The number of ether oxygens (including phenoxy) is 2. The quantitative estimate of drug-likeness (QED) is 0.865. The van der Waals surface area contributed by atoms with E-state index in [2.05, 4.69) is 11.1 Å². The average Bonchev–Trinajstić information content (AvgIpc) is 2.86. The normalized spacial score (nSPS) is 10.0. The third-order valence-corrected chi connectivity index (χ3v) is 3.71. The lowest BCUT2D eigenvalue weighted by Gasteiger charge is -2.10. The number of hydrogen-bond acceptors (Lipinski definition) is 5. The van der Waals surface area contributed by atoms with Gasteiger partial charge in [0.2, 0.25) is 0 Å². The Bertz CT molecular complexity index is 634. The van der Waals surface area contributed by atoms with Crippen LogP contribution in [0.25, 0.3) is 10.6 Å². The Hall–Kier alpha value is -1.77. The Labute approximate surface area is 120 Å². The molecule has 1 heterocycles. The van der Waals surface area contributed by atoms with Crippen LogP contribution in [0.5, 0.6) is 11.5 Å². The molecule has 0 aliphatic carbocycles. The Morgan fingerprint density at radius 2 is 2.16 bits per heavy atom. The first-order valence-electron chi connectivity index (χ1n) is 5.42. The Morgan fingerprint density at radius 3 is 2.79 bits per heavy atom. The zero-order valence-corrected chi connectivity index (χ0v) is 12.0. The van der Waals surface area contributed by atoms with Gasteiger partial charge in [0.1, 0.15) is 5.01 Å². The number of thiazole rings is 1. The van der Waals surface area contributed by atoms with Crippen LogP contribution in [0.3, 0.4) is 0 Å². The predicted molar refractivity (Wildman–Crippen MR) is 75.0 cm³/mol. The first kappa shape index (κ1) is 13.7. The molecule has 98 valence electrons. The van der Waals surface area contributed by atoms with Crippen molar-refractivity contribution in [2.45, 2.75) is 6.42 Å². The van der Waals surface area contributed by atoms with Gasteiger partial charge in [-0.25, -0.2) is 4.98 Å². The van der Waals surface area contributed by atoms with Crippen LogP contribution >= 0.6 is 22.9 Å². The smallest absolute Gasteiger partial charge is 0.179 e. The van der Waals surface area contributed by atoms with E-state index in [0.29, 0.717) is 22.9 Å². The summed E-state index contributed by atoms with van der Waals surface area (Å²) in [5, 5.41) is 11.8. The van der Waals surface area contributed by atoms with Gasteiger partial charge in [0, 0.05) is 10.9 Å². The van der Waals surface area contributed by atoms with Gasteiger partial charge in [-0.05, 0) is 12.1 Å². The maximum absolute atomic E-state index is 8.65. The molecule has 2 rings (SSSR count). The van der Waals surface area contributed by atoms with Gasteiger partial charge in [-0.1, -0.05) is 11.6 Å². The maximum Gasteiger partial charge on any atom is 0.179 e. The molecule has 0 radical (unpaired) electrons. The lowest BCUT2D eigenvalue weighted by molar-refractivity contribution is 0.355. The molecule has 1 aromatic heterocycles. The Balaban J connectivity index is 2.44. The van der Waals surface area contributed by atoms with E-state index in [1.165, 1.54) is 18.4 Å². The number of rotatable bonds is 4. The van der Waals surface area contributed by atoms with Gasteiger partial charge < -0.3 is 9.47 Å². The van der Waals surface area contributed by atoms with Crippen molar-refractivity contribution in [3.8, 4) is 28.1 Å². The van der Waals surface area contributed by atoms with E-state index in [1.54, 1.807) is 13.2 Å². The summed E-state index contributed by atoms with van der Waals surface area (Å²) in [4.78, 5) is 4.38. The van der Waals surface area contributed by atoms with Crippen LogP contribution in [0.4, 0.5) is 0 Å². The lowest BCUT2D eigenvalue weighted by Crippen LogP contribution is -1.92. The molecule has 4 nitrogen and oxygen atoms in total. The van der Waals surface area contributed by atoms with Crippen molar-refractivity contribution in [2.75, 3.05) is 14.2 Å². The third kappa shape index (κ3) is 2.80. The molecule has 0 fully saturated rings. The molecule has 0 aliphatic rings. The molecule has 0 atom stereocenters. The van der Waals surface area contributed by atoms with E-state index < -0.39 is 0 Å². The SMILES string of the molecule is COc1cc(-c2nc(CC#N)cs2)cc(Cl)c1OC. The molecule has 0 unspecified atom stereocenters. The maximum atomic E-state index is 8.65. The molecule has 2 aromatic rings. The van der Waals surface area contributed by atoms with Crippen molar-refractivity contribution in [1.29, 1.82) is 5.26 Å². The van der Waals surface area contributed by atoms with Gasteiger partial charge in [-0.15, -0.1) is 11.3 Å². The van der Waals surface area contributed by atoms with Crippen molar-refractivity contribution < 1.29 is 9.47 Å². The number of halogens is 1. The van der Waals surface area contributed by atoms with Gasteiger partial charge in [0.25, 0.3) is 0 Å². The summed E-state index contributed by atoms with van der Waals surface area (Å²) in [6.45, 7) is 0. The highest BCUT2D eigenvalue weighted by molar-refractivity contribution is 7.13. The van der Waals surface area contributed by atoms with Gasteiger partial charge in [0.05, 0.1) is 37.4 Å². The van der Waals surface area contributed by atoms with Crippen molar-refractivity contribution in [2.24, 2.45) is 0 Å². The van der Waals surface area contributed by atoms with E-state index in [1.807, 2.05) is 11.4 Å². The summed E-state index contributed by atoms with van der Waals surface area (Å²) < 4.78 is 10.4. The fourth-order valence-electron chi connectivity index (χ4n) is 1.64. The van der Waals surface area contributed by atoms with Crippen LogP contribution in [0.2, 0.25) is 5.02 Å². The van der Waals surface area contributed by atoms with Crippen LogP contribution in [-0.4, -0.2) is 19.2 Å². The Kier molecular flexibility index (Phi) is 4.25. The summed E-state index contributed by atoms with van der Waals surface area (Å²) in [6.07, 6.45) is 0.303. The fraction of sp³-hybridized carbons (Fsp3) is 0.231. The predicted octanol–water partition coefficient (Wildman–Crippen LogP) is 3.55. The zero-order valence-electron chi connectivity index (χ0n) is 10.4. The van der Waals surface area contributed by atoms with Gasteiger partial charge in [-0.3, -0.25) is 0 Å². The highest BCUT2D eigenvalue weighted by atomic mass is 35.5. The first-order valence-corrected chi connectivity index (χ1v) is 6.68. The van der Waals surface area contributed by atoms with E-state index in [9.17, 15) is 0 Å². The van der Waals surface area contributed by atoms with Crippen LogP contribution < -0.4 is 9.47 Å². The molecule has 0 N–H and O–H groups in total. The van der Waals surface area contributed by atoms with Crippen LogP contribution in [0.1, 0.15) is 5.69 Å². The van der Waals surface area contributed by atoms with E-state index in [4.69, 9.17) is 26.3 Å². The summed E-state index contributed by atoms with van der Waals surface area (Å²) in [7, 11) is 3.10. The first-order chi connectivity index (χ1) is 9.19. The van der Waals surface area contributed by atoms with Crippen LogP contribution in [0, 0.1) is 11.3 Å². The molecule has 6 heteroatoms. The van der Waals surface area contributed by atoms with Crippen molar-refractivity contribution in [3.63, 3.8) is 0 Å². The fourth-order valence-corrected chi connectivity index (χ4v) is 2.74. The highest BCUT2D eigenvalue weighted by Gasteiger charge is 2.13. The molecule has 19 heavy (non-hydrogen) atoms. The topological polar surface area (TPSA) is 55.1 Å². The number of methoxy groups -OCH3 is 2. The Morgan fingerprint density at radius 1 is 1.37 bits per heavy atom. The minimum absolute atomic E-state index is 0.303. The third-order valence-electron chi connectivity index (χ3n) is 2.49. The summed E-state index contributed by atoms with van der Waals surface area (Å²) in [5.41, 5.74) is 1.60. The van der Waals surface area contributed by atoms with Gasteiger partial charge in [0.15, 0.2) is 11.5 Å². The zero-order chi connectivity index (χ0) is 13.8. The summed E-state index contributed by atoms with van der Waals surface area (Å²) in [5.74, 6) is 1.06. The van der Waals surface area contributed by atoms with Gasteiger partial charge in [-0.2, -0.15) is 5.26 Å². The average molecular weight is 295 g/mol. The van der Waals surface area contributed by atoms with E-state index in [-0.39, 0.29) is 0 Å². The largest absolute Gasteiger partial charge is 0.493 e. The number of benzene rings is 1. The van der Waals surface area contributed by atoms with Crippen molar-refractivity contribution in [1.82, 2.24) is 4.98 Å². The highest BCUT2D eigenvalue weighted by Crippen LogP contribution is 2.39. The number of hydrogen-bond donors (Lipinski definition) is 0. The molecule has 0 bridgehead atoms. The lowest BCUT2D eigenvalue weighted by atomic mass is 10.2. The second kappa shape index (κ2) is 5.91. The minimum Gasteiger partial charge on any atom is -0.493 e. The van der Waals surface area contributed by atoms with Crippen molar-refractivity contribution in [3.05, 3.63) is 28.2 Å². The van der Waals surface area contributed by atoms with E-state index >= 15 is 0 Å². The number of aromatic nitrogens is 1. The minimum atomic E-state index is 0.303.